The van der Waals surface area contributed by atoms with E-state index in [1.165, 1.54) is 12.8 Å². The van der Waals surface area contributed by atoms with Gasteiger partial charge in [0.05, 0.1) is 6.61 Å². The fourth-order valence-corrected chi connectivity index (χ4v) is 3.43. The Morgan fingerprint density at radius 3 is 2.68 bits per heavy atom. The minimum atomic E-state index is -0.118. The Morgan fingerprint density at radius 1 is 1.18 bits per heavy atom. The highest BCUT2D eigenvalue weighted by Crippen LogP contribution is 2.25. The predicted molar refractivity (Wildman–Crippen MR) is 113 cm³/mol. The Kier molecular flexibility index (Phi) is 9.44. The van der Waals surface area contributed by atoms with Crippen molar-refractivity contribution in [3.05, 3.63) is 29.3 Å². The van der Waals surface area contributed by atoms with Crippen molar-refractivity contribution in [2.45, 2.75) is 52.5 Å². The van der Waals surface area contributed by atoms with Crippen LogP contribution in [-0.2, 0) is 16.1 Å². The topological polar surface area (TPSA) is 70.7 Å². The van der Waals surface area contributed by atoms with Gasteiger partial charge in [0.2, 0.25) is 5.91 Å². The van der Waals surface area contributed by atoms with Gasteiger partial charge in [0, 0.05) is 43.9 Å². The van der Waals surface area contributed by atoms with E-state index in [1.807, 2.05) is 36.9 Å². The van der Waals surface area contributed by atoms with E-state index in [4.69, 9.17) is 4.74 Å². The van der Waals surface area contributed by atoms with Crippen LogP contribution < -0.4 is 15.5 Å². The van der Waals surface area contributed by atoms with Crippen LogP contribution in [0.3, 0.4) is 0 Å². The summed E-state index contributed by atoms with van der Waals surface area (Å²) in [5.41, 5.74) is 2.52. The van der Waals surface area contributed by atoms with Crippen LogP contribution in [0.1, 0.15) is 61.9 Å². The van der Waals surface area contributed by atoms with E-state index in [2.05, 4.69) is 10.6 Å². The number of methoxy groups -OCH3 is 1. The summed E-state index contributed by atoms with van der Waals surface area (Å²) in [5.74, 6) is -0.0472. The van der Waals surface area contributed by atoms with E-state index < -0.39 is 0 Å². The van der Waals surface area contributed by atoms with Crippen LogP contribution >= 0.6 is 0 Å². The zero-order valence-electron chi connectivity index (χ0n) is 17.6. The van der Waals surface area contributed by atoms with Crippen LogP contribution in [0.25, 0.3) is 0 Å². The summed E-state index contributed by atoms with van der Waals surface area (Å²) in [6.45, 7) is 7.15. The molecule has 2 rings (SSSR count). The van der Waals surface area contributed by atoms with Crippen LogP contribution in [0.15, 0.2) is 18.2 Å². The second-order valence-electron chi connectivity index (χ2n) is 7.68. The molecule has 2 N–H and O–H groups in total. The Morgan fingerprint density at radius 2 is 1.93 bits per heavy atom. The SMILES string of the molecule is COCCNC(=O)c1ccc2c(c1)CNCCCCCCCN2C(=O)C(C)C. The second kappa shape index (κ2) is 11.8. The number of fused-ring (bicyclic) bond motifs is 1. The van der Waals surface area contributed by atoms with Crippen molar-refractivity contribution < 1.29 is 14.3 Å². The molecular weight excluding hydrogens is 354 g/mol. The quantitative estimate of drug-likeness (QED) is 0.759. The fourth-order valence-electron chi connectivity index (χ4n) is 3.43. The molecular formula is C22H35N3O3. The van der Waals surface area contributed by atoms with Gasteiger partial charge in [-0.25, -0.2) is 0 Å². The Bertz CT molecular complexity index is 646. The number of anilines is 1. The van der Waals surface area contributed by atoms with E-state index in [9.17, 15) is 9.59 Å². The van der Waals surface area contributed by atoms with Crippen molar-refractivity contribution in [2.24, 2.45) is 5.92 Å². The number of rotatable bonds is 5. The number of amides is 2. The number of benzene rings is 1. The number of carbonyl (C=O) groups is 2. The van der Waals surface area contributed by atoms with Gasteiger partial charge in [-0.2, -0.15) is 0 Å². The average Bonchev–Trinajstić information content (AvgIpc) is 2.68. The predicted octanol–water partition coefficient (Wildman–Crippen LogP) is 3.11. The van der Waals surface area contributed by atoms with Gasteiger partial charge in [0.1, 0.15) is 0 Å². The van der Waals surface area contributed by atoms with Crippen molar-refractivity contribution in [3.63, 3.8) is 0 Å². The second-order valence-corrected chi connectivity index (χ2v) is 7.68. The lowest BCUT2D eigenvalue weighted by molar-refractivity contribution is -0.121. The van der Waals surface area contributed by atoms with Crippen molar-refractivity contribution in [2.75, 3.05) is 38.3 Å². The molecule has 0 saturated heterocycles. The smallest absolute Gasteiger partial charge is 0.251 e. The van der Waals surface area contributed by atoms with Gasteiger partial charge in [-0.3, -0.25) is 9.59 Å². The summed E-state index contributed by atoms with van der Waals surface area (Å²) in [5, 5.41) is 6.34. The van der Waals surface area contributed by atoms with Gasteiger partial charge in [-0.1, -0.05) is 33.1 Å². The van der Waals surface area contributed by atoms with Crippen LogP contribution in [-0.4, -0.2) is 45.2 Å². The first kappa shape index (κ1) is 22.4. The summed E-state index contributed by atoms with van der Waals surface area (Å²) < 4.78 is 4.99. The lowest BCUT2D eigenvalue weighted by Crippen LogP contribution is -2.36. The normalized spacial score (nSPS) is 16.1. The summed E-state index contributed by atoms with van der Waals surface area (Å²) in [6.07, 6.45) is 5.71. The van der Waals surface area contributed by atoms with Crippen molar-refractivity contribution in [1.29, 1.82) is 0 Å². The monoisotopic (exact) mass is 389 g/mol. The van der Waals surface area contributed by atoms with Gasteiger partial charge in [-0.05, 0) is 43.1 Å². The molecule has 1 aromatic rings. The summed E-state index contributed by atoms with van der Waals surface area (Å²) in [7, 11) is 1.61. The number of ether oxygens (including phenoxy) is 1. The average molecular weight is 390 g/mol. The van der Waals surface area contributed by atoms with Crippen LogP contribution in [0, 0.1) is 5.92 Å². The standard InChI is InChI=1S/C22H35N3O3/c1-17(2)22(27)25-13-8-6-4-5-7-11-23-16-19-15-18(9-10-20(19)25)21(26)24-12-14-28-3/h9-10,15,17,23H,4-8,11-14,16H2,1-3H3,(H,24,26). The highest BCUT2D eigenvalue weighted by molar-refractivity contribution is 5.98. The highest BCUT2D eigenvalue weighted by Gasteiger charge is 2.22. The molecule has 2 amide bonds. The lowest BCUT2D eigenvalue weighted by atomic mass is 10.0. The van der Waals surface area contributed by atoms with Gasteiger partial charge in [-0.15, -0.1) is 0 Å². The maximum absolute atomic E-state index is 12.9. The Balaban J connectivity index is 2.30. The first-order valence-corrected chi connectivity index (χ1v) is 10.5. The fraction of sp³-hybridized carbons (Fsp3) is 0.636. The van der Waals surface area contributed by atoms with Gasteiger partial charge in [0.15, 0.2) is 0 Å². The third-order valence-electron chi connectivity index (χ3n) is 5.03. The first-order chi connectivity index (χ1) is 13.5. The Hall–Kier alpha value is -1.92. The number of carbonyl (C=O) groups excluding carboxylic acids is 2. The molecule has 1 aromatic carbocycles. The number of nitrogens with one attached hydrogen (secondary N) is 2. The van der Waals surface area contributed by atoms with E-state index in [0.717, 1.165) is 43.6 Å². The summed E-state index contributed by atoms with van der Waals surface area (Å²) in [4.78, 5) is 27.2. The largest absolute Gasteiger partial charge is 0.383 e. The highest BCUT2D eigenvalue weighted by atomic mass is 16.5. The zero-order chi connectivity index (χ0) is 20.4. The van der Waals surface area contributed by atoms with E-state index >= 15 is 0 Å². The molecule has 0 aromatic heterocycles. The third kappa shape index (κ3) is 6.60. The molecule has 0 unspecified atom stereocenters. The summed E-state index contributed by atoms with van der Waals surface area (Å²) in [6, 6.07) is 5.65. The molecule has 0 spiro atoms. The van der Waals surface area contributed by atoms with Gasteiger partial charge in [0.25, 0.3) is 5.91 Å². The minimum absolute atomic E-state index is 0.0641. The molecule has 6 nitrogen and oxygen atoms in total. The Labute approximate surface area is 169 Å². The molecule has 0 fully saturated rings. The number of hydrogen-bond acceptors (Lipinski definition) is 4. The van der Waals surface area contributed by atoms with Crippen LogP contribution in [0.2, 0.25) is 0 Å². The van der Waals surface area contributed by atoms with Gasteiger partial charge < -0.3 is 20.3 Å². The molecule has 156 valence electrons. The van der Waals surface area contributed by atoms with E-state index in [-0.39, 0.29) is 17.7 Å². The molecule has 6 heteroatoms. The zero-order valence-corrected chi connectivity index (χ0v) is 17.6. The van der Waals surface area contributed by atoms with Crippen LogP contribution in [0.5, 0.6) is 0 Å². The van der Waals surface area contributed by atoms with Crippen molar-refractivity contribution in [3.8, 4) is 0 Å². The minimum Gasteiger partial charge on any atom is -0.383 e. The molecule has 1 aliphatic rings. The number of hydrogen-bond donors (Lipinski definition) is 2. The molecule has 0 radical (unpaired) electrons. The maximum Gasteiger partial charge on any atom is 0.251 e. The lowest BCUT2D eigenvalue weighted by Gasteiger charge is -2.28. The molecule has 1 heterocycles. The number of nitrogens with zero attached hydrogens (tertiary/aromatic N) is 1. The maximum atomic E-state index is 12.9. The van der Waals surface area contributed by atoms with E-state index in [1.54, 1.807) is 7.11 Å². The first-order valence-electron chi connectivity index (χ1n) is 10.5. The summed E-state index contributed by atoms with van der Waals surface area (Å²) >= 11 is 0. The van der Waals surface area contributed by atoms with Gasteiger partial charge >= 0.3 is 0 Å². The molecule has 0 aliphatic carbocycles. The third-order valence-corrected chi connectivity index (χ3v) is 5.03. The molecule has 0 saturated carbocycles. The molecule has 1 aliphatic heterocycles. The van der Waals surface area contributed by atoms with Crippen molar-refractivity contribution in [1.82, 2.24) is 10.6 Å². The molecule has 0 bridgehead atoms. The van der Waals surface area contributed by atoms with E-state index in [0.29, 0.717) is 25.3 Å². The molecule has 28 heavy (non-hydrogen) atoms. The van der Waals surface area contributed by atoms with Crippen molar-refractivity contribution >= 4 is 17.5 Å². The van der Waals surface area contributed by atoms with Crippen LogP contribution in [0.4, 0.5) is 5.69 Å². The molecule has 0 atom stereocenters.